The minimum absolute atomic E-state index is 0.554. The maximum atomic E-state index is 9.50. The van der Waals surface area contributed by atoms with Gasteiger partial charge in [-0.2, -0.15) is 0 Å². The van der Waals surface area contributed by atoms with Gasteiger partial charge in [-0.1, -0.05) is 22.8 Å². The van der Waals surface area contributed by atoms with Crippen molar-refractivity contribution in [3.8, 4) is 0 Å². The van der Waals surface area contributed by atoms with Crippen LogP contribution in [0.3, 0.4) is 0 Å². The normalized spacial score (nSPS) is 18.3. The zero-order chi connectivity index (χ0) is 10.8. The lowest BCUT2D eigenvalue weighted by atomic mass is 9.96. The molecule has 0 unspecified atom stereocenters. The highest BCUT2D eigenvalue weighted by molar-refractivity contribution is 6.34. The number of nitrogens with zero attached hydrogens (tertiary/aromatic N) is 1. The topological polar surface area (TPSA) is 46.3 Å². The van der Waals surface area contributed by atoms with Gasteiger partial charge in [0, 0.05) is 10.6 Å². The van der Waals surface area contributed by atoms with E-state index in [-0.39, 0.29) is 0 Å². The Kier molecular flexibility index (Phi) is 2.93. The number of allylic oxidation sites excluding steroid dienone is 4. The van der Waals surface area contributed by atoms with E-state index in [0.29, 0.717) is 10.7 Å². The van der Waals surface area contributed by atoms with Crippen molar-refractivity contribution in [1.29, 1.82) is 0 Å². The quantitative estimate of drug-likeness (QED) is 0.842. The van der Waals surface area contributed by atoms with Gasteiger partial charge < -0.3 is 9.63 Å². The van der Waals surface area contributed by atoms with Gasteiger partial charge in [-0.15, -0.1) is 0 Å². The van der Waals surface area contributed by atoms with E-state index < -0.39 is 6.10 Å². The molecule has 0 fully saturated rings. The van der Waals surface area contributed by atoms with Gasteiger partial charge in [-0.05, 0) is 31.4 Å². The molecule has 80 valence electrons. The summed E-state index contributed by atoms with van der Waals surface area (Å²) in [6, 6.07) is 0. The summed E-state index contributed by atoms with van der Waals surface area (Å²) in [6.45, 7) is 1.66. The summed E-state index contributed by atoms with van der Waals surface area (Å²) >= 11 is 6.09. The first kappa shape index (κ1) is 10.5. The molecule has 1 N–H and O–H groups in total. The molecule has 1 aliphatic carbocycles. The standard InChI is InChI=1S/C11H12ClNO2/c1-7(14)11-9(6-15-13-11)8-4-2-3-5-10(8)12/h3,5-7,14H,2,4H2,1H3/t7-/m1/s1. The lowest BCUT2D eigenvalue weighted by Crippen LogP contribution is -1.98. The summed E-state index contributed by atoms with van der Waals surface area (Å²) in [5, 5.41) is 14.0. The second-order valence-corrected chi connectivity index (χ2v) is 3.96. The average molecular weight is 226 g/mol. The largest absolute Gasteiger partial charge is 0.387 e. The molecule has 4 heteroatoms. The number of rotatable bonds is 2. The fourth-order valence-corrected chi connectivity index (χ4v) is 1.96. The maximum absolute atomic E-state index is 9.50. The fraction of sp³-hybridized carbons (Fsp3) is 0.364. The van der Waals surface area contributed by atoms with Crippen molar-refractivity contribution in [2.75, 3.05) is 0 Å². The van der Waals surface area contributed by atoms with Crippen LogP contribution in [0.5, 0.6) is 0 Å². The Balaban J connectivity index is 2.45. The van der Waals surface area contributed by atoms with Crippen LogP contribution in [-0.2, 0) is 0 Å². The lowest BCUT2D eigenvalue weighted by Gasteiger charge is -2.11. The zero-order valence-electron chi connectivity index (χ0n) is 8.40. The second kappa shape index (κ2) is 4.21. The third-order valence-electron chi connectivity index (χ3n) is 2.43. The molecule has 1 aromatic heterocycles. The molecule has 1 heterocycles. The van der Waals surface area contributed by atoms with Crippen molar-refractivity contribution >= 4 is 17.2 Å². The second-order valence-electron chi connectivity index (χ2n) is 3.56. The first-order valence-corrected chi connectivity index (χ1v) is 5.26. The van der Waals surface area contributed by atoms with Crippen LogP contribution in [0.4, 0.5) is 0 Å². The van der Waals surface area contributed by atoms with Crippen molar-refractivity contribution in [1.82, 2.24) is 5.16 Å². The van der Waals surface area contributed by atoms with E-state index in [1.807, 2.05) is 12.2 Å². The van der Waals surface area contributed by atoms with Gasteiger partial charge in [0.15, 0.2) is 0 Å². The smallest absolute Gasteiger partial charge is 0.131 e. The maximum Gasteiger partial charge on any atom is 0.131 e. The number of aromatic nitrogens is 1. The van der Waals surface area contributed by atoms with Crippen LogP contribution >= 0.6 is 11.6 Å². The molecule has 2 rings (SSSR count). The molecule has 0 aromatic carbocycles. The molecule has 0 amide bonds. The van der Waals surface area contributed by atoms with Crippen molar-refractivity contribution in [3.05, 3.63) is 34.7 Å². The Bertz CT molecular complexity index is 418. The Morgan fingerprint density at radius 2 is 2.40 bits per heavy atom. The molecule has 1 atom stereocenters. The number of halogens is 1. The van der Waals surface area contributed by atoms with Crippen LogP contribution in [0.2, 0.25) is 0 Å². The number of hydrogen-bond acceptors (Lipinski definition) is 3. The molecule has 1 aromatic rings. The summed E-state index contributed by atoms with van der Waals surface area (Å²) in [4.78, 5) is 0. The zero-order valence-corrected chi connectivity index (χ0v) is 9.16. The number of aliphatic hydroxyl groups excluding tert-OH is 1. The first-order valence-electron chi connectivity index (χ1n) is 4.88. The van der Waals surface area contributed by atoms with E-state index in [2.05, 4.69) is 5.16 Å². The Hall–Kier alpha value is -1.06. The highest BCUT2D eigenvalue weighted by Gasteiger charge is 2.19. The minimum Gasteiger partial charge on any atom is -0.387 e. The Morgan fingerprint density at radius 3 is 3.07 bits per heavy atom. The van der Waals surface area contributed by atoms with E-state index in [0.717, 1.165) is 24.0 Å². The van der Waals surface area contributed by atoms with Crippen LogP contribution in [0.1, 0.15) is 37.1 Å². The van der Waals surface area contributed by atoms with Crippen LogP contribution < -0.4 is 0 Å². The molecule has 3 nitrogen and oxygen atoms in total. The van der Waals surface area contributed by atoms with Crippen LogP contribution in [-0.4, -0.2) is 10.3 Å². The molecule has 0 aliphatic heterocycles. The highest BCUT2D eigenvalue weighted by Crippen LogP contribution is 2.33. The van der Waals surface area contributed by atoms with E-state index in [4.69, 9.17) is 16.1 Å². The van der Waals surface area contributed by atoms with Gasteiger partial charge >= 0.3 is 0 Å². The molecular weight excluding hydrogens is 214 g/mol. The van der Waals surface area contributed by atoms with Gasteiger partial charge in [0.2, 0.25) is 0 Å². The Labute approximate surface area is 93.0 Å². The summed E-state index contributed by atoms with van der Waals surface area (Å²) in [5.74, 6) is 0. The van der Waals surface area contributed by atoms with Crippen molar-refractivity contribution in [2.24, 2.45) is 0 Å². The van der Waals surface area contributed by atoms with E-state index in [1.54, 1.807) is 13.2 Å². The first-order chi connectivity index (χ1) is 7.20. The third kappa shape index (κ3) is 1.98. The predicted molar refractivity (Wildman–Crippen MR) is 58.3 cm³/mol. The Morgan fingerprint density at radius 1 is 1.60 bits per heavy atom. The van der Waals surface area contributed by atoms with Gasteiger partial charge in [-0.3, -0.25) is 0 Å². The molecule has 0 radical (unpaired) electrons. The van der Waals surface area contributed by atoms with E-state index in [1.165, 1.54) is 0 Å². The molecule has 0 bridgehead atoms. The summed E-state index contributed by atoms with van der Waals surface area (Å²) < 4.78 is 4.88. The minimum atomic E-state index is -0.637. The predicted octanol–water partition coefficient (Wildman–Crippen LogP) is 3.03. The van der Waals surface area contributed by atoms with Gasteiger partial charge in [0.1, 0.15) is 12.0 Å². The van der Waals surface area contributed by atoms with Crippen molar-refractivity contribution in [2.45, 2.75) is 25.9 Å². The number of aliphatic hydroxyl groups is 1. The van der Waals surface area contributed by atoms with Crippen molar-refractivity contribution < 1.29 is 9.63 Å². The van der Waals surface area contributed by atoms with E-state index >= 15 is 0 Å². The SMILES string of the molecule is C[C@@H](O)c1nocc1C1=C(Cl)C=CCC1. The number of hydrogen-bond donors (Lipinski definition) is 1. The summed E-state index contributed by atoms with van der Waals surface area (Å²) in [6.07, 6.45) is 6.62. The summed E-state index contributed by atoms with van der Waals surface area (Å²) in [5.41, 5.74) is 2.37. The van der Waals surface area contributed by atoms with Gasteiger partial charge in [0.25, 0.3) is 0 Å². The highest BCUT2D eigenvalue weighted by atomic mass is 35.5. The van der Waals surface area contributed by atoms with Crippen LogP contribution in [0.15, 0.2) is 28.0 Å². The monoisotopic (exact) mass is 225 g/mol. The molecule has 1 aliphatic rings. The molecule has 0 saturated heterocycles. The van der Waals surface area contributed by atoms with E-state index in [9.17, 15) is 5.11 Å². The van der Waals surface area contributed by atoms with Gasteiger partial charge in [0.05, 0.1) is 6.10 Å². The molecule has 0 spiro atoms. The summed E-state index contributed by atoms with van der Waals surface area (Å²) in [7, 11) is 0. The van der Waals surface area contributed by atoms with Gasteiger partial charge in [-0.25, -0.2) is 0 Å². The average Bonchev–Trinajstić information content (AvgIpc) is 2.67. The van der Waals surface area contributed by atoms with Crippen molar-refractivity contribution in [3.63, 3.8) is 0 Å². The fourth-order valence-electron chi connectivity index (χ4n) is 1.67. The third-order valence-corrected chi connectivity index (χ3v) is 2.79. The molecule has 15 heavy (non-hydrogen) atoms. The molecule has 0 saturated carbocycles. The molecular formula is C11H12ClNO2. The van der Waals surface area contributed by atoms with Crippen LogP contribution in [0, 0.1) is 0 Å². The van der Waals surface area contributed by atoms with Crippen LogP contribution in [0.25, 0.3) is 5.57 Å². The lowest BCUT2D eigenvalue weighted by molar-refractivity contribution is 0.187.